The molecule has 0 aromatic rings. The predicted molar refractivity (Wildman–Crippen MR) is 77.6 cm³/mol. The van der Waals surface area contributed by atoms with Crippen LogP contribution in [0.15, 0.2) is 0 Å². The highest BCUT2D eigenvalue weighted by Gasteiger charge is 2.21. The highest BCUT2D eigenvalue weighted by atomic mass is 32.9. The number of carbonyl (C=O) groups excluding carboxylic acids is 2. The van der Waals surface area contributed by atoms with Crippen LogP contribution in [0.3, 0.4) is 0 Å². The number of ether oxygens (including phenoxy) is 2. The molecule has 0 fully saturated rings. The zero-order valence-electron chi connectivity index (χ0n) is 11.2. The lowest BCUT2D eigenvalue weighted by Crippen LogP contribution is -2.11. The summed E-state index contributed by atoms with van der Waals surface area (Å²) in [5.74, 6) is -0.356. The lowest BCUT2D eigenvalue weighted by atomic mass is 10.5. The second-order valence-electron chi connectivity index (χ2n) is 3.10. The van der Waals surface area contributed by atoms with Gasteiger partial charge in [-0.2, -0.15) is 0 Å². The van der Waals surface area contributed by atoms with Crippen molar-refractivity contribution in [2.45, 2.75) is 20.3 Å². The molecule has 0 N–H and O–H groups in total. The molecule has 0 aliphatic rings. The smallest absolute Gasteiger partial charge is 0.332 e. The van der Waals surface area contributed by atoms with Crippen molar-refractivity contribution in [1.82, 2.24) is 0 Å². The number of carbonyl (C=O) groups is 2. The van der Waals surface area contributed by atoms with E-state index in [-0.39, 0.29) is 25.6 Å². The summed E-state index contributed by atoms with van der Waals surface area (Å²) in [7, 11) is 1.42. The van der Waals surface area contributed by atoms with Gasteiger partial charge in [-0.25, -0.2) is 4.79 Å². The summed E-state index contributed by atoms with van der Waals surface area (Å²) in [6.07, 6.45) is 0.225. The highest BCUT2D eigenvalue weighted by Crippen LogP contribution is 2.60. The molecule has 0 spiro atoms. The molecule has 19 heavy (non-hydrogen) atoms. The molecule has 9 heteroatoms. The molecular weight excluding hydrogens is 311 g/mol. The van der Waals surface area contributed by atoms with Gasteiger partial charge in [-0.3, -0.25) is 4.79 Å². The quantitative estimate of drug-likeness (QED) is 0.446. The zero-order valence-corrected chi connectivity index (χ0v) is 13.8. The Hall–Kier alpha value is -0.140. The van der Waals surface area contributed by atoms with E-state index in [0.29, 0.717) is 12.4 Å². The Morgan fingerprint density at radius 3 is 2.26 bits per heavy atom. The van der Waals surface area contributed by atoms with Gasteiger partial charge in [-0.1, -0.05) is 11.4 Å². The Morgan fingerprint density at radius 2 is 1.74 bits per heavy atom. The fourth-order valence-electron chi connectivity index (χ4n) is 0.951. The predicted octanol–water partition coefficient (Wildman–Crippen LogP) is 2.12. The van der Waals surface area contributed by atoms with Gasteiger partial charge in [0.2, 0.25) is 5.69 Å². The van der Waals surface area contributed by atoms with Crippen molar-refractivity contribution in [2.24, 2.45) is 0 Å². The van der Waals surface area contributed by atoms with Crippen LogP contribution >= 0.6 is 17.1 Å². The Morgan fingerprint density at radius 1 is 1.16 bits per heavy atom. The summed E-state index contributed by atoms with van der Waals surface area (Å²) in [5.41, 5.74) is -2.61. The third-order valence-electron chi connectivity index (χ3n) is 1.73. The van der Waals surface area contributed by atoms with E-state index < -0.39 is 11.7 Å². The third kappa shape index (κ3) is 9.40. The molecule has 1 atom stereocenters. The Bertz CT molecular complexity index is 336. The highest BCUT2D eigenvalue weighted by molar-refractivity contribution is 8.67. The first kappa shape index (κ1) is 18.9. The lowest BCUT2D eigenvalue weighted by Gasteiger charge is -2.18. The van der Waals surface area contributed by atoms with E-state index in [9.17, 15) is 9.59 Å². The first-order valence-electron chi connectivity index (χ1n) is 5.73. The molecule has 0 rings (SSSR count). The van der Waals surface area contributed by atoms with Crippen LogP contribution in [0.5, 0.6) is 0 Å². The maximum absolute atomic E-state index is 11.2. The van der Waals surface area contributed by atoms with Gasteiger partial charge in [0.05, 0.1) is 19.6 Å². The molecule has 0 aromatic carbocycles. The average molecular weight is 330 g/mol. The number of rotatable bonds is 10. The molecule has 0 aliphatic heterocycles. The monoisotopic (exact) mass is 330 g/mol. The van der Waals surface area contributed by atoms with Crippen LogP contribution in [-0.2, 0) is 39.9 Å². The van der Waals surface area contributed by atoms with Gasteiger partial charge >= 0.3 is 11.9 Å². The zero-order chi connectivity index (χ0) is 14.7. The van der Waals surface area contributed by atoms with E-state index in [1.807, 2.05) is 0 Å². The van der Waals surface area contributed by atoms with E-state index in [4.69, 9.17) is 30.3 Å². The third-order valence-corrected chi connectivity index (χ3v) is 7.30. The fraction of sp³-hybridized carbons (Fsp3) is 0.800. The summed E-state index contributed by atoms with van der Waals surface area (Å²) >= 11 is 6.40. The first-order chi connectivity index (χ1) is 8.97. The van der Waals surface area contributed by atoms with Gasteiger partial charge in [0, 0.05) is 12.9 Å². The van der Waals surface area contributed by atoms with E-state index in [1.54, 1.807) is 13.8 Å². The molecule has 0 unspecified atom stereocenters. The number of esters is 2. The topological polar surface area (TPSA) is 71.1 Å². The summed E-state index contributed by atoms with van der Waals surface area (Å²) < 4.78 is 19.9. The van der Waals surface area contributed by atoms with E-state index in [0.717, 1.165) is 0 Å². The van der Waals surface area contributed by atoms with E-state index >= 15 is 0 Å². The molecule has 0 heterocycles. The van der Waals surface area contributed by atoms with Crippen LogP contribution in [0.25, 0.3) is 0 Å². The largest absolute Gasteiger partial charge is 0.466 e. The molecule has 0 aliphatic carbocycles. The summed E-state index contributed by atoms with van der Waals surface area (Å²) in [5, 5.41) is 0. The Labute approximate surface area is 122 Å². The minimum absolute atomic E-state index is 0.225. The SMILES string of the molecule is CCOC(=O)CCS[P@@](=S)(OC)OCC(=O)OCC. The van der Waals surface area contributed by atoms with Gasteiger partial charge in [0.1, 0.15) is 0 Å². The van der Waals surface area contributed by atoms with Crippen molar-refractivity contribution < 1.29 is 28.1 Å². The van der Waals surface area contributed by atoms with Crippen molar-refractivity contribution in [1.29, 1.82) is 0 Å². The molecule has 0 saturated heterocycles. The summed E-state index contributed by atoms with van der Waals surface area (Å²) in [6, 6.07) is 0. The molecular formula is C10H19O6PS2. The van der Waals surface area contributed by atoms with Crippen molar-refractivity contribution in [2.75, 3.05) is 32.7 Å². The van der Waals surface area contributed by atoms with Gasteiger partial charge in [0.15, 0.2) is 6.61 Å². The standard InChI is InChI=1S/C10H19O6PS2/c1-4-14-9(11)6-7-19-17(18,13-3)16-8-10(12)15-5-2/h4-8H2,1-3H3/t17-/m0/s1. The van der Waals surface area contributed by atoms with Crippen LogP contribution in [0.1, 0.15) is 20.3 Å². The molecule has 112 valence electrons. The fourth-order valence-corrected chi connectivity index (χ4v) is 4.45. The molecule has 0 aromatic heterocycles. The van der Waals surface area contributed by atoms with Crippen molar-refractivity contribution in [3.05, 3.63) is 0 Å². The normalized spacial score (nSPS) is 13.6. The molecule has 0 radical (unpaired) electrons. The first-order valence-corrected chi connectivity index (χ1v) is 9.96. The van der Waals surface area contributed by atoms with Crippen molar-refractivity contribution >= 4 is 40.8 Å². The van der Waals surface area contributed by atoms with Crippen LogP contribution in [0.2, 0.25) is 0 Å². The van der Waals surface area contributed by atoms with Crippen molar-refractivity contribution in [3.63, 3.8) is 0 Å². The van der Waals surface area contributed by atoms with Crippen molar-refractivity contribution in [3.8, 4) is 0 Å². The second kappa shape index (κ2) is 10.6. The summed E-state index contributed by atoms with van der Waals surface area (Å²) in [6.45, 7) is 3.84. The van der Waals surface area contributed by atoms with Crippen LogP contribution in [0, 0.1) is 0 Å². The Kier molecular flexibility index (Phi) is 10.5. The van der Waals surface area contributed by atoms with Crippen LogP contribution in [0.4, 0.5) is 0 Å². The van der Waals surface area contributed by atoms with Crippen LogP contribution < -0.4 is 0 Å². The maximum Gasteiger partial charge on any atom is 0.332 e. The molecule has 0 saturated carbocycles. The van der Waals surface area contributed by atoms with Gasteiger partial charge in [-0.05, 0) is 25.7 Å². The average Bonchev–Trinajstić information content (AvgIpc) is 2.37. The molecule has 0 amide bonds. The molecule has 6 nitrogen and oxygen atoms in total. The van der Waals surface area contributed by atoms with Crippen LogP contribution in [-0.4, -0.2) is 44.6 Å². The second-order valence-corrected chi connectivity index (χ2v) is 9.63. The van der Waals surface area contributed by atoms with Gasteiger partial charge in [-0.15, -0.1) is 0 Å². The van der Waals surface area contributed by atoms with Gasteiger partial charge < -0.3 is 18.5 Å². The Balaban J connectivity index is 4.05. The molecule has 0 bridgehead atoms. The van der Waals surface area contributed by atoms with E-state index in [2.05, 4.69) is 0 Å². The maximum atomic E-state index is 11.2. The minimum atomic E-state index is -2.61. The van der Waals surface area contributed by atoms with E-state index in [1.165, 1.54) is 18.5 Å². The van der Waals surface area contributed by atoms with Gasteiger partial charge in [0.25, 0.3) is 0 Å². The lowest BCUT2D eigenvalue weighted by molar-refractivity contribution is -0.145. The summed E-state index contributed by atoms with van der Waals surface area (Å²) in [4.78, 5) is 22.3. The number of hydrogen-bond donors (Lipinski definition) is 0. The minimum Gasteiger partial charge on any atom is -0.466 e. The number of hydrogen-bond acceptors (Lipinski definition) is 8.